The van der Waals surface area contributed by atoms with Gasteiger partial charge in [0.2, 0.25) is 0 Å². The fourth-order valence-corrected chi connectivity index (χ4v) is 3.82. The smallest absolute Gasteiger partial charge is 0.118 e. The number of hydrogen-bond acceptors (Lipinski definition) is 2. The van der Waals surface area contributed by atoms with Crippen LogP contribution in [0.1, 0.15) is 49.8 Å². The van der Waals surface area contributed by atoms with E-state index in [1.54, 1.807) is 7.11 Å². The molecule has 1 N–H and O–H groups in total. The van der Waals surface area contributed by atoms with E-state index in [1.807, 2.05) is 0 Å². The van der Waals surface area contributed by atoms with Gasteiger partial charge in [-0.15, -0.1) is 0 Å². The molecule has 0 amide bonds. The molecule has 1 aliphatic rings. The number of rotatable bonds is 6. The molecule has 0 aromatic heterocycles. The van der Waals surface area contributed by atoms with Gasteiger partial charge in [0.1, 0.15) is 5.75 Å². The number of methoxy groups -OCH3 is 1. The van der Waals surface area contributed by atoms with Gasteiger partial charge in [0.05, 0.1) is 7.11 Å². The van der Waals surface area contributed by atoms with Gasteiger partial charge < -0.3 is 10.1 Å². The van der Waals surface area contributed by atoms with E-state index in [0.29, 0.717) is 12.1 Å². The Balaban J connectivity index is 1.45. The van der Waals surface area contributed by atoms with Crippen molar-refractivity contribution in [2.45, 2.75) is 51.1 Å². The highest BCUT2D eigenvalue weighted by Gasteiger charge is 2.22. The molecule has 0 radical (unpaired) electrons. The maximum Gasteiger partial charge on any atom is 0.118 e. The van der Waals surface area contributed by atoms with E-state index in [0.717, 1.165) is 11.7 Å². The van der Waals surface area contributed by atoms with Crippen LogP contribution < -0.4 is 10.1 Å². The van der Waals surface area contributed by atoms with Crippen LogP contribution in [-0.2, 0) is 6.42 Å². The molecule has 0 unspecified atom stereocenters. The van der Waals surface area contributed by atoms with E-state index in [2.05, 4.69) is 66.8 Å². The molecule has 2 aromatic carbocycles. The Hall–Kier alpha value is -1.80. The Morgan fingerprint density at radius 3 is 2.25 bits per heavy atom. The highest BCUT2D eigenvalue weighted by molar-refractivity contribution is 5.27. The molecule has 2 nitrogen and oxygen atoms in total. The van der Waals surface area contributed by atoms with E-state index in [4.69, 9.17) is 4.74 Å². The lowest BCUT2D eigenvalue weighted by Crippen LogP contribution is -2.35. The van der Waals surface area contributed by atoms with Crippen molar-refractivity contribution >= 4 is 0 Å². The zero-order valence-electron chi connectivity index (χ0n) is 14.9. The second kappa shape index (κ2) is 8.34. The first kappa shape index (κ1) is 17.0. The zero-order valence-corrected chi connectivity index (χ0v) is 14.9. The van der Waals surface area contributed by atoms with Crippen LogP contribution in [0.25, 0.3) is 0 Å². The van der Waals surface area contributed by atoms with Gasteiger partial charge in [-0.1, -0.05) is 42.5 Å². The second-order valence-corrected chi connectivity index (χ2v) is 7.07. The molecule has 3 rings (SSSR count). The highest BCUT2D eigenvalue weighted by Crippen LogP contribution is 2.29. The minimum absolute atomic E-state index is 0.439. The maximum atomic E-state index is 5.24. The van der Waals surface area contributed by atoms with Crippen molar-refractivity contribution in [3.8, 4) is 5.75 Å². The summed E-state index contributed by atoms with van der Waals surface area (Å²) in [5, 5.41) is 3.82. The van der Waals surface area contributed by atoms with Crippen molar-refractivity contribution in [1.29, 1.82) is 0 Å². The van der Waals surface area contributed by atoms with Gasteiger partial charge in [0, 0.05) is 12.1 Å². The molecule has 0 aliphatic heterocycles. The van der Waals surface area contributed by atoms with Crippen LogP contribution in [0.4, 0.5) is 0 Å². The molecule has 0 heterocycles. The van der Waals surface area contributed by atoms with E-state index in [1.165, 1.54) is 43.2 Å². The van der Waals surface area contributed by atoms with Crippen LogP contribution in [0.15, 0.2) is 54.6 Å². The number of benzene rings is 2. The third kappa shape index (κ3) is 4.61. The molecule has 2 heteroatoms. The lowest BCUT2D eigenvalue weighted by Gasteiger charge is -2.31. The highest BCUT2D eigenvalue weighted by atomic mass is 16.5. The molecule has 2 aromatic rings. The fourth-order valence-electron chi connectivity index (χ4n) is 3.82. The normalized spacial score (nSPS) is 22.1. The summed E-state index contributed by atoms with van der Waals surface area (Å²) in [5.41, 5.74) is 2.82. The van der Waals surface area contributed by atoms with E-state index in [-0.39, 0.29) is 0 Å². The Labute approximate surface area is 146 Å². The summed E-state index contributed by atoms with van der Waals surface area (Å²) < 4.78 is 5.24. The van der Waals surface area contributed by atoms with Crippen LogP contribution in [0.2, 0.25) is 0 Å². The largest absolute Gasteiger partial charge is 0.497 e. The van der Waals surface area contributed by atoms with Gasteiger partial charge in [0.25, 0.3) is 0 Å². The zero-order chi connectivity index (χ0) is 16.8. The van der Waals surface area contributed by atoms with Crippen LogP contribution in [0.5, 0.6) is 5.75 Å². The van der Waals surface area contributed by atoms with E-state index >= 15 is 0 Å². The van der Waals surface area contributed by atoms with Crippen molar-refractivity contribution in [2.24, 2.45) is 5.92 Å². The third-order valence-corrected chi connectivity index (χ3v) is 5.32. The summed E-state index contributed by atoms with van der Waals surface area (Å²) in [6.45, 7) is 2.28. The predicted molar refractivity (Wildman–Crippen MR) is 100 cm³/mol. The van der Waals surface area contributed by atoms with E-state index in [9.17, 15) is 0 Å². The Bertz CT molecular complexity index is 600. The van der Waals surface area contributed by atoms with Gasteiger partial charge >= 0.3 is 0 Å². The first-order valence-electron chi connectivity index (χ1n) is 9.18. The van der Waals surface area contributed by atoms with Crippen molar-refractivity contribution in [3.63, 3.8) is 0 Å². The van der Waals surface area contributed by atoms with Crippen molar-refractivity contribution in [2.75, 3.05) is 7.11 Å². The third-order valence-electron chi connectivity index (χ3n) is 5.32. The number of nitrogens with one attached hydrogen (secondary N) is 1. The molecule has 0 spiro atoms. The number of hydrogen-bond donors (Lipinski definition) is 1. The van der Waals surface area contributed by atoms with Crippen molar-refractivity contribution in [1.82, 2.24) is 5.32 Å². The quantitative estimate of drug-likeness (QED) is 0.794. The molecular weight excluding hydrogens is 294 g/mol. The van der Waals surface area contributed by atoms with Crippen LogP contribution in [0, 0.1) is 5.92 Å². The van der Waals surface area contributed by atoms with Crippen LogP contribution in [0.3, 0.4) is 0 Å². The summed E-state index contributed by atoms with van der Waals surface area (Å²) in [6.07, 6.45) is 6.43. The molecule has 1 fully saturated rings. The fraction of sp³-hybridized carbons (Fsp3) is 0.455. The summed E-state index contributed by atoms with van der Waals surface area (Å²) in [6, 6.07) is 20.4. The molecule has 0 saturated heterocycles. The summed E-state index contributed by atoms with van der Waals surface area (Å²) in [5.74, 6) is 1.77. The van der Waals surface area contributed by atoms with Gasteiger partial charge in [-0.3, -0.25) is 0 Å². The Kier molecular flexibility index (Phi) is 5.92. The van der Waals surface area contributed by atoms with Crippen molar-refractivity contribution < 1.29 is 4.74 Å². The summed E-state index contributed by atoms with van der Waals surface area (Å²) in [7, 11) is 1.72. The second-order valence-electron chi connectivity index (χ2n) is 7.07. The topological polar surface area (TPSA) is 21.3 Å². The average Bonchev–Trinajstić information content (AvgIpc) is 2.65. The molecule has 1 atom stereocenters. The SMILES string of the molecule is COc1ccc(CC2CCC(N[C@@H](C)c3ccccc3)CC2)cc1. The monoisotopic (exact) mass is 323 g/mol. The predicted octanol–water partition coefficient (Wildman–Crippen LogP) is 5.15. The Morgan fingerprint density at radius 2 is 1.62 bits per heavy atom. The van der Waals surface area contributed by atoms with Gasteiger partial charge in [-0.2, -0.15) is 0 Å². The van der Waals surface area contributed by atoms with Crippen LogP contribution in [-0.4, -0.2) is 13.2 Å². The maximum absolute atomic E-state index is 5.24. The first-order chi connectivity index (χ1) is 11.7. The number of ether oxygens (including phenoxy) is 1. The van der Waals surface area contributed by atoms with Gasteiger partial charge in [-0.05, 0) is 68.2 Å². The van der Waals surface area contributed by atoms with Gasteiger partial charge in [0.15, 0.2) is 0 Å². The molecule has 0 bridgehead atoms. The minimum Gasteiger partial charge on any atom is -0.497 e. The standard InChI is InChI=1S/C22H29NO/c1-17(20-6-4-3-5-7-20)23-21-12-8-18(9-13-21)16-19-10-14-22(24-2)15-11-19/h3-7,10-11,14-15,17-18,21,23H,8-9,12-13,16H2,1-2H3/t17-,18?,21?/m0/s1. The summed E-state index contributed by atoms with van der Waals surface area (Å²) >= 11 is 0. The Morgan fingerprint density at radius 1 is 0.958 bits per heavy atom. The van der Waals surface area contributed by atoms with Crippen LogP contribution >= 0.6 is 0 Å². The lowest BCUT2D eigenvalue weighted by atomic mass is 9.82. The van der Waals surface area contributed by atoms with Crippen molar-refractivity contribution in [3.05, 3.63) is 65.7 Å². The molecule has 1 saturated carbocycles. The lowest BCUT2D eigenvalue weighted by molar-refractivity contribution is 0.277. The molecule has 24 heavy (non-hydrogen) atoms. The molecular formula is C22H29NO. The first-order valence-corrected chi connectivity index (χ1v) is 9.18. The molecule has 128 valence electrons. The average molecular weight is 323 g/mol. The molecule has 1 aliphatic carbocycles. The van der Waals surface area contributed by atoms with E-state index < -0.39 is 0 Å². The minimum atomic E-state index is 0.439. The van der Waals surface area contributed by atoms with Gasteiger partial charge in [-0.25, -0.2) is 0 Å². The summed E-state index contributed by atoms with van der Waals surface area (Å²) in [4.78, 5) is 0.